The van der Waals surface area contributed by atoms with Gasteiger partial charge in [-0.3, -0.25) is 4.79 Å². The molecule has 1 aliphatic rings. The highest BCUT2D eigenvalue weighted by Gasteiger charge is 2.25. The van der Waals surface area contributed by atoms with Crippen molar-refractivity contribution < 1.29 is 14.6 Å². The first-order valence-corrected chi connectivity index (χ1v) is 6.99. The summed E-state index contributed by atoms with van der Waals surface area (Å²) in [6, 6.07) is 5.13. The topological polar surface area (TPSA) is 75.8 Å². The molecule has 20 heavy (non-hydrogen) atoms. The van der Waals surface area contributed by atoms with E-state index in [9.17, 15) is 4.79 Å². The number of aliphatic hydroxyl groups is 1. The van der Waals surface area contributed by atoms with Gasteiger partial charge in [0, 0.05) is 25.4 Å². The molecule has 3 N–H and O–H groups in total. The van der Waals surface area contributed by atoms with Crippen molar-refractivity contribution in [3.63, 3.8) is 0 Å². The van der Waals surface area contributed by atoms with Crippen LogP contribution in [-0.2, 0) is 0 Å². The fourth-order valence-corrected chi connectivity index (χ4v) is 2.69. The van der Waals surface area contributed by atoms with Crippen LogP contribution in [0, 0.1) is 5.92 Å². The number of anilines is 1. The molecular weight excluding hydrogens is 256 g/mol. The SMILES string of the molecule is COc1ccc(N)c(C(=O)N2CCCC(CCO)C2)c1. The second-order valence-electron chi connectivity index (χ2n) is 5.22. The Labute approximate surface area is 119 Å². The van der Waals surface area contributed by atoms with Crippen LogP contribution in [0.1, 0.15) is 29.6 Å². The molecule has 1 aliphatic heterocycles. The zero-order chi connectivity index (χ0) is 14.5. The number of ether oxygens (including phenoxy) is 1. The lowest BCUT2D eigenvalue weighted by Gasteiger charge is -2.33. The van der Waals surface area contributed by atoms with Crippen LogP contribution in [0.4, 0.5) is 5.69 Å². The molecule has 5 heteroatoms. The van der Waals surface area contributed by atoms with E-state index in [1.165, 1.54) is 0 Å². The van der Waals surface area contributed by atoms with Crippen LogP contribution >= 0.6 is 0 Å². The minimum Gasteiger partial charge on any atom is -0.497 e. The summed E-state index contributed by atoms with van der Waals surface area (Å²) < 4.78 is 5.15. The molecule has 1 aromatic rings. The van der Waals surface area contributed by atoms with Gasteiger partial charge in [-0.25, -0.2) is 0 Å². The Kier molecular flexibility index (Phi) is 4.84. The molecule has 1 saturated heterocycles. The van der Waals surface area contributed by atoms with E-state index in [1.54, 1.807) is 25.3 Å². The quantitative estimate of drug-likeness (QED) is 0.819. The molecule has 0 spiro atoms. The van der Waals surface area contributed by atoms with Gasteiger partial charge in [0.15, 0.2) is 0 Å². The van der Waals surface area contributed by atoms with Gasteiger partial charge < -0.3 is 20.5 Å². The second-order valence-corrected chi connectivity index (χ2v) is 5.22. The van der Waals surface area contributed by atoms with E-state index in [0.717, 1.165) is 25.8 Å². The zero-order valence-electron chi connectivity index (χ0n) is 11.8. The molecule has 110 valence electrons. The van der Waals surface area contributed by atoms with Gasteiger partial charge in [0.25, 0.3) is 5.91 Å². The first-order chi connectivity index (χ1) is 9.65. The number of nitrogens with zero attached hydrogens (tertiary/aromatic N) is 1. The highest BCUT2D eigenvalue weighted by atomic mass is 16.5. The molecule has 5 nitrogen and oxygen atoms in total. The Morgan fingerprint density at radius 3 is 3.05 bits per heavy atom. The van der Waals surface area contributed by atoms with E-state index >= 15 is 0 Å². The van der Waals surface area contributed by atoms with E-state index in [1.807, 2.05) is 4.90 Å². The highest BCUT2D eigenvalue weighted by Crippen LogP contribution is 2.25. The maximum Gasteiger partial charge on any atom is 0.256 e. The van der Waals surface area contributed by atoms with E-state index in [2.05, 4.69) is 0 Å². The Hall–Kier alpha value is -1.75. The number of nitrogens with two attached hydrogens (primary N) is 1. The van der Waals surface area contributed by atoms with Gasteiger partial charge >= 0.3 is 0 Å². The van der Waals surface area contributed by atoms with Crippen LogP contribution in [-0.4, -0.2) is 42.7 Å². The number of rotatable bonds is 4. The van der Waals surface area contributed by atoms with Crippen molar-refractivity contribution in [1.82, 2.24) is 4.90 Å². The lowest BCUT2D eigenvalue weighted by molar-refractivity contribution is 0.0654. The molecule has 1 heterocycles. The average molecular weight is 278 g/mol. The third kappa shape index (κ3) is 3.22. The number of aliphatic hydroxyl groups excluding tert-OH is 1. The summed E-state index contributed by atoms with van der Waals surface area (Å²) in [5, 5.41) is 9.03. The number of nitrogen functional groups attached to an aromatic ring is 1. The Balaban J connectivity index is 2.14. The van der Waals surface area contributed by atoms with Gasteiger partial charge in [0.05, 0.1) is 12.7 Å². The number of piperidine rings is 1. The van der Waals surface area contributed by atoms with Gasteiger partial charge in [-0.1, -0.05) is 0 Å². The van der Waals surface area contributed by atoms with Crippen molar-refractivity contribution >= 4 is 11.6 Å². The van der Waals surface area contributed by atoms with Crippen LogP contribution in [0.2, 0.25) is 0 Å². The Morgan fingerprint density at radius 1 is 1.55 bits per heavy atom. The molecule has 0 aromatic heterocycles. The van der Waals surface area contributed by atoms with Crippen molar-refractivity contribution in [3.05, 3.63) is 23.8 Å². The molecule has 1 amide bonds. The van der Waals surface area contributed by atoms with Crippen LogP contribution in [0.3, 0.4) is 0 Å². The number of carbonyl (C=O) groups is 1. The van der Waals surface area contributed by atoms with Gasteiger partial charge in [-0.05, 0) is 43.4 Å². The standard InChI is InChI=1S/C15H22N2O3/c1-20-12-4-5-14(16)13(9-12)15(19)17-7-2-3-11(10-17)6-8-18/h4-5,9,11,18H,2-3,6-8,10,16H2,1H3. The molecular formula is C15H22N2O3. The smallest absolute Gasteiger partial charge is 0.256 e. The van der Waals surface area contributed by atoms with E-state index in [0.29, 0.717) is 29.5 Å². The van der Waals surface area contributed by atoms with E-state index < -0.39 is 0 Å². The number of hydrogen-bond acceptors (Lipinski definition) is 4. The van der Waals surface area contributed by atoms with Crippen molar-refractivity contribution in [2.45, 2.75) is 19.3 Å². The predicted molar refractivity (Wildman–Crippen MR) is 77.7 cm³/mol. The van der Waals surface area contributed by atoms with Gasteiger partial charge in [0.1, 0.15) is 5.75 Å². The molecule has 0 aliphatic carbocycles. The largest absolute Gasteiger partial charge is 0.497 e. The predicted octanol–water partition coefficient (Wildman–Crippen LogP) is 1.51. The lowest BCUT2D eigenvalue weighted by Crippen LogP contribution is -2.40. The summed E-state index contributed by atoms with van der Waals surface area (Å²) in [4.78, 5) is 14.4. The van der Waals surface area contributed by atoms with Gasteiger partial charge in [0.2, 0.25) is 0 Å². The summed E-state index contributed by atoms with van der Waals surface area (Å²) in [7, 11) is 1.57. The summed E-state index contributed by atoms with van der Waals surface area (Å²) in [6.45, 7) is 1.61. The molecule has 2 rings (SSSR count). The molecule has 1 atom stereocenters. The van der Waals surface area contributed by atoms with Crippen molar-refractivity contribution in [2.24, 2.45) is 5.92 Å². The zero-order valence-corrected chi connectivity index (χ0v) is 11.8. The molecule has 0 bridgehead atoms. The number of carbonyl (C=O) groups excluding carboxylic acids is 1. The molecule has 1 unspecified atom stereocenters. The first kappa shape index (κ1) is 14.7. The monoisotopic (exact) mass is 278 g/mol. The highest BCUT2D eigenvalue weighted by molar-refractivity contribution is 5.99. The second kappa shape index (κ2) is 6.61. The van der Waals surface area contributed by atoms with Gasteiger partial charge in [-0.2, -0.15) is 0 Å². The van der Waals surface area contributed by atoms with E-state index in [4.69, 9.17) is 15.6 Å². The molecule has 1 fully saturated rings. The normalized spacial score (nSPS) is 18.9. The van der Waals surface area contributed by atoms with Crippen molar-refractivity contribution in [2.75, 3.05) is 32.5 Å². The maximum atomic E-state index is 12.6. The minimum absolute atomic E-state index is 0.0518. The summed E-state index contributed by atoms with van der Waals surface area (Å²) in [5.41, 5.74) is 6.87. The number of amides is 1. The summed E-state index contributed by atoms with van der Waals surface area (Å²) in [5.74, 6) is 0.958. The fraction of sp³-hybridized carbons (Fsp3) is 0.533. The van der Waals surface area contributed by atoms with Crippen LogP contribution in [0.25, 0.3) is 0 Å². The van der Waals surface area contributed by atoms with Gasteiger partial charge in [-0.15, -0.1) is 0 Å². The Morgan fingerprint density at radius 2 is 2.35 bits per heavy atom. The molecule has 0 saturated carbocycles. The van der Waals surface area contributed by atoms with E-state index in [-0.39, 0.29) is 12.5 Å². The Bertz CT molecular complexity index is 474. The number of likely N-dealkylation sites (tertiary alicyclic amines) is 1. The van der Waals surface area contributed by atoms with Crippen LogP contribution in [0.15, 0.2) is 18.2 Å². The molecule has 0 radical (unpaired) electrons. The van der Waals surface area contributed by atoms with Crippen molar-refractivity contribution in [3.8, 4) is 5.75 Å². The summed E-state index contributed by atoms with van der Waals surface area (Å²) in [6.07, 6.45) is 2.79. The molecule has 1 aromatic carbocycles. The third-order valence-corrected chi connectivity index (χ3v) is 3.83. The summed E-state index contributed by atoms with van der Waals surface area (Å²) >= 11 is 0. The minimum atomic E-state index is -0.0518. The van der Waals surface area contributed by atoms with Crippen LogP contribution in [0.5, 0.6) is 5.75 Å². The number of benzene rings is 1. The van der Waals surface area contributed by atoms with Crippen molar-refractivity contribution in [1.29, 1.82) is 0 Å². The average Bonchev–Trinajstić information content (AvgIpc) is 2.48. The number of hydrogen-bond donors (Lipinski definition) is 2. The third-order valence-electron chi connectivity index (χ3n) is 3.83. The van der Waals surface area contributed by atoms with Crippen LogP contribution < -0.4 is 10.5 Å². The lowest BCUT2D eigenvalue weighted by atomic mass is 9.94. The first-order valence-electron chi connectivity index (χ1n) is 6.99. The fourth-order valence-electron chi connectivity index (χ4n) is 2.69. The maximum absolute atomic E-state index is 12.6. The number of methoxy groups -OCH3 is 1.